The van der Waals surface area contributed by atoms with E-state index in [1.54, 1.807) is 6.92 Å². The second-order valence-electron chi connectivity index (χ2n) is 6.94. The summed E-state index contributed by atoms with van der Waals surface area (Å²) in [7, 11) is 0. The number of nitrogens with one attached hydrogen (secondary N) is 3. The Kier molecular flexibility index (Phi) is 5.20. The Morgan fingerprint density at radius 2 is 2.04 bits per heavy atom. The molecule has 0 aromatic carbocycles. The summed E-state index contributed by atoms with van der Waals surface area (Å²) in [6, 6.07) is -0.350. The van der Waals surface area contributed by atoms with Crippen LogP contribution in [0.25, 0.3) is 0 Å². The topological polar surface area (TPSA) is 90.5 Å². The number of piperidine rings is 1. The van der Waals surface area contributed by atoms with Crippen LogP contribution in [0.5, 0.6) is 0 Å². The lowest BCUT2D eigenvalue weighted by Crippen LogP contribution is -2.51. The van der Waals surface area contributed by atoms with E-state index < -0.39 is 11.6 Å². The van der Waals surface area contributed by atoms with E-state index >= 15 is 0 Å². The number of carbonyl (C=O) groups is 3. The van der Waals surface area contributed by atoms with Gasteiger partial charge in [-0.25, -0.2) is 4.79 Å². The summed E-state index contributed by atoms with van der Waals surface area (Å²) in [6.07, 6.45) is 2.77. The molecule has 0 spiro atoms. The van der Waals surface area contributed by atoms with Crippen molar-refractivity contribution in [3.05, 3.63) is 0 Å². The van der Waals surface area contributed by atoms with Crippen molar-refractivity contribution < 1.29 is 14.4 Å². The molecule has 3 unspecified atom stereocenters. The summed E-state index contributed by atoms with van der Waals surface area (Å²) in [5.41, 5.74) is -0.820. The first-order chi connectivity index (χ1) is 10.4. The Labute approximate surface area is 142 Å². The minimum absolute atomic E-state index is 0. The highest BCUT2D eigenvalue weighted by molar-refractivity contribution is 6.09. The predicted molar refractivity (Wildman–Crippen MR) is 87.2 cm³/mol. The lowest BCUT2D eigenvalue weighted by atomic mass is 9.95. The minimum Gasteiger partial charge on any atom is -0.351 e. The second-order valence-corrected chi connectivity index (χ2v) is 6.94. The molecule has 3 aliphatic rings. The minimum atomic E-state index is -0.820. The highest BCUT2D eigenvalue weighted by Gasteiger charge is 2.56. The zero-order valence-corrected chi connectivity index (χ0v) is 14.4. The van der Waals surface area contributed by atoms with Crippen molar-refractivity contribution >= 4 is 30.3 Å². The van der Waals surface area contributed by atoms with E-state index in [1.165, 1.54) is 0 Å². The number of imide groups is 1. The molecular weight excluding hydrogens is 320 g/mol. The molecule has 1 aliphatic carbocycles. The monoisotopic (exact) mass is 344 g/mol. The summed E-state index contributed by atoms with van der Waals surface area (Å²) in [5.74, 6) is 0.0230. The van der Waals surface area contributed by atoms with Gasteiger partial charge in [-0.1, -0.05) is 6.92 Å². The quantitative estimate of drug-likeness (QED) is 0.637. The van der Waals surface area contributed by atoms with Crippen molar-refractivity contribution in [3.8, 4) is 0 Å². The Bertz CT molecular complexity index is 511. The van der Waals surface area contributed by atoms with E-state index in [2.05, 4.69) is 22.9 Å². The first kappa shape index (κ1) is 18.0. The summed E-state index contributed by atoms with van der Waals surface area (Å²) in [5, 5.41) is 8.99. The molecule has 3 rings (SSSR count). The third kappa shape index (κ3) is 3.45. The van der Waals surface area contributed by atoms with Gasteiger partial charge in [-0.15, -0.1) is 12.4 Å². The number of urea groups is 1. The molecule has 3 N–H and O–H groups in total. The van der Waals surface area contributed by atoms with Crippen molar-refractivity contribution in [1.82, 2.24) is 20.9 Å². The van der Waals surface area contributed by atoms with Gasteiger partial charge in [0.05, 0.1) is 0 Å². The van der Waals surface area contributed by atoms with Crippen LogP contribution in [0, 0.1) is 11.8 Å². The zero-order valence-electron chi connectivity index (χ0n) is 13.6. The maximum atomic E-state index is 12.5. The standard InChI is InChI=1S/C15H24N4O3.ClH/c1-9-7-16-6-5-11(9)17-12(20)8-19-13(21)15(2,10-3-4-10)18-14(19)22;/h9-11,16H,3-8H2,1-2H3,(H,17,20)(H,18,22);1H. The molecular formula is C15H25ClN4O3. The number of carbonyl (C=O) groups excluding carboxylic acids is 3. The smallest absolute Gasteiger partial charge is 0.325 e. The zero-order chi connectivity index (χ0) is 15.9. The molecule has 2 heterocycles. The van der Waals surface area contributed by atoms with Crippen LogP contribution < -0.4 is 16.0 Å². The van der Waals surface area contributed by atoms with Crippen LogP contribution in [-0.2, 0) is 9.59 Å². The third-order valence-corrected chi connectivity index (χ3v) is 5.13. The third-order valence-electron chi connectivity index (χ3n) is 5.13. The molecule has 2 aliphatic heterocycles. The van der Waals surface area contributed by atoms with Crippen LogP contribution in [0.1, 0.15) is 33.1 Å². The predicted octanol–water partition coefficient (Wildman–Crippen LogP) is 0.243. The van der Waals surface area contributed by atoms with Gasteiger partial charge in [0, 0.05) is 6.04 Å². The highest BCUT2D eigenvalue weighted by atomic mass is 35.5. The first-order valence-electron chi connectivity index (χ1n) is 8.06. The van der Waals surface area contributed by atoms with Gasteiger partial charge in [0.1, 0.15) is 12.1 Å². The molecule has 3 fully saturated rings. The lowest BCUT2D eigenvalue weighted by Gasteiger charge is -2.30. The van der Waals surface area contributed by atoms with Gasteiger partial charge in [-0.05, 0) is 51.1 Å². The van der Waals surface area contributed by atoms with Crippen LogP contribution >= 0.6 is 12.4 Å². The van der Waals surface area contributed by atoms with Crippen molar-refractivity contribution in [2.45, 2.75) is 44.7 Å². The molecule has 1 saturated carbocycles. The van der Waals surface area contributed by atoms with Crippen LogP contribution in [0.15, 0.2) is 0 Å². The Morgan fingerprint density at radius 1 is 1.35 bits per heavy atom. The number of rotatable bonds is 4. The lowest BCUT2D eigenvalue weighted by molar-refractivity contribution is -0.135. The molecule has 3 atom stereocenters. The molecule has 2 saturated heterocycles. The fourth-order valence-corrected chi connectivity index (χ4v) is 3.42. The summed E-state index contributed by atoms with van der Waals surface area (Å²) in [6.45, 7) is 5.39. The fraction of sp³-hybridized carbons (Fsp3) is 0.800. The maximum Gasteiger partial charge on any atom is 0.325 e. The molecule has 8 heteroatoms. The van der Waals surface area contributed by atoms with Crippen molar-refractivity contribution in [2.24, 2.45) is 11.8 Å². The van der Waals surface area contributed by atoms with E-state index in [4.69, 9.17) is 0 Å². The SMILES string of the molecule is CC1CNCCC1NC(=O)CN1C(=O)NC(C)(C2CC2)C1=O.Cl. The van der Waals surface area contributed by atoms with Gasteiger partial charge >= 0.3 is 6.03 Å². The van der Waals surface area contributed by atoms with Gasteiger partial charge in [0.2, 0.25) is 5.91 Å². The Morgan fingerprint density at radius 3 is 2.65 bits per heavy atom. The highest BCUT2D eigenvalue weighted by Crippen LogP contribution is 2.42. The van der Waals surface area contributed by atoms with Gasteiger partial charge in [-0.2, -0.15) is 0 Å². The average molecular weight is 345 g/mol. The second kappa shape index (κ2) is 6.65. The van der Waals surface area contributed by atoms with Crippen LogP contribution in [0.4, 0.5) is 4.79 Å². The molecule has 0 aromatic rings. The summed E-state index contributed by atoms with van der Waals surface area (Å²) < 4.78 is 0. The Hall–Kier alpha value is -1.34. The molecule has 0 radical (unpaired) electrons. The summed E-state index contributed by atoms with van der Waals surface area (Å²) in [4.78, 5) is 37.7. The number of halogens is 1. The van der Waals surface area contributed by atoms with E-state index in [0.717, 1.165) is 37.3 Å². The average Bonchev–Trinajstić information content (AvgIpc) is 3.28. The van der Waals surface area contributed by atoms with Gasteiger partial charge in [0.25, 0.3) is 5.91 Å². The fourth-order valence-electron chi connectivity index (χ4n) is 3.42. The number of nitrogens with zero attached hydrogens (tertiary/aromatic N) is 1. The number of hydrogen-bond donors (Lipinski definition) is 3. The van der Waals surface area contributed by atoms with Crippen LogP contribution in [0.2, 0.25) is 0 Å². The number of hydrogen-bond acceptors (Lipinski definition) is 4. The van der Waals surface area contributed by atoms with Gasteiger partial charge < -0.3 is 16.0 Å². The van der Waals surface area contributed by atoms with E-state index in [9.17, 15) is 14.4 Å². The van der Waals surface area contributed by atoms with Crippen molar-refractivity contribution in [2.75, 3.05) is 19.6 Å². The van der Waals surface area contributed by atoms with E-state index in [1.807, 2.05) is 0 Å². The molecule has 130 valence electrons. The molecule has 0 aromatic heterocycles. The molecule has 0 bridgehead atoms. The normalized spacial score (nSPS) is 33.9. The molecule has 23 heavy (non-hydrogen) atoms. The largest absolute Gasteiger partial charge is 0.351 e. The van der Waals surface area contributed by atoms with E-state index in [-0.39, 0.29) is 42.7 Å². The van der Waals surface area contributed by atoms with E-state index in [0.29, 0.717) is 5.92 Å². The summed E-state index contributed by atoms with van der Waals surface area (Å²) >= 11 is 0. The van der Waals surface area contributed by atoms with Crippen LogP contribution in [-0.4, -0.2) is 54.0 Å². The first-order valence-corrected chi connectivity index (χ1v) is 8.06. The van der Waals surface area contributed by atoms with Gasteiger partial charge in [0.15, 0.2) is 0 Å². The molecule has 4 amide bonds. The molecule has 7 nitrogen and oxygen atoms in total. The number of amides is 4. The van der Waals surface area contributed by atoms with Gasteiger partial charge in [-0.3, -0.25) is 14.5 Å². The Balaban J connectivity index is 0.00000192. The van der Waals surface area contributed by atoms with Crippen molar-refractivity contribution in [1.29, 1.82) is 0 Å². The van der Waals surface area contributed by atoms with Crippen molar-refractivity contribution in [3.63, 3.8) is 0 Å². The van der Waals surface area contributed by atoms with Crippen LogP contribution in [0.3, 0.4) is 0 Å². The maximum absolute atomic E-state index is 12.5.